The Kier molecular flexibility index (Phi) is 7.62. The molecular formula is C31H25ClN6O2S. The van der Waals surface area contributed by atoms with E-state index in [1.807, 2.05) is 102 Å². The van der Waals surface area contributed by atoms with Gasteiger partial charge in [-0.1, -0.05) is 35.9 Å². The maximum Gasteiger partial charge on any atom is 0.262 e. The number of aromatic nitrogens is 3. The summed E-state index contributed by atoms with van der Waals surface area (Å²) in [5, 5.41) is 7.50. The Morgan fingerprint density at radius 2 is 1.76 bits per heavy atom. The molecule has 0 spiro atoms. The molecule has 1 amide bonds. The molecule has 4 heterocycles. The average Bonchev–Trinajstić information content (AvgIpc) is 3.62. The minimum atomic E-state index is -0.249. The Balaban J connectivity index is 1.28. The SMILES string of the molecule is O=C(COc1ccccc1)Nc1ccc(N2C(=S)N[C@@H](c3ccccn3)[C@@H]2c2cccn2-c2ccc(Cl)cn2)cc1. The highest BCUT2D eigenvalue weighted by molar-refractivity contribution is 7.80. The number of hydrogen-bond donors (Lipinski definition) is 2. The van der Waals surface area contributed by atoms with Gasteiger partial charge in [0.15, 0.2) is 11.7 Å². The molecule has 0 radical (unpaired) electrons. The number of pyridine rings is 2. The monoisotopic (exact) mass is 580 g/mol. The lowest BCUT2D eigenvalue weighted by Crippen LogP contribution is -2.30. The van der Waals surface area contributed by atoms with Gasteiger partial charge in [-0.05, 0) is 85.0 Å². The molecule has 2 N–H and O–H groups in total. The lowest BCUT2D eigenvalue weighted by molar-refractivity contribution is -0.118. The van der Waals surface area contributed by atoms with Gasteiger partial charge in [0.1, 0.15) is 17.6 Å². The fraction of sp³-hybridized carbons (Fsp3) is 0.0968. The van der Waals surface area contributed by atoms with E-state index in [0.717, 1.165) is 22.9 Å². The van der Waals surface area contributed by atoms with Gasteiger partial charge in [-0.2, -0.15) is 0 Å². The van der Waals surface area contributed by atoms with Gasteiger partial charge in [-0.15, -0.1) is 0 Å². The molecule has 0 unspecified atom stereocenters. The summed E-state index contributed by atoms with van der Waals surface area (Å²) in [5.74, 6) is 1.13. The van der Waals surface area contributed by atoms with Crippen LogP contribution in [-0.2, 0) is 4.79 Å². The number of rotatable bonds is 8. The third-order valence-electron chi connectivity index (χ3n) is 6.68. The van der Waals surface area contributed by atoms with Crippen LogP contribution < -0.4 is 20.3 Å². The van der Waals surface area contributed by atoms with Gasteiger partial charge in [0.05, 0.1) is 16.8 Å². The van der Waals surface area contributed by atoms with E-state index in [9.17, 15) is 4.79 Å². The number of halogens is 1. The number of ether oxygens (including phenoxy) is 1. The first kappa shape index (κ1) is 26.5. The number of hydrogen-bond acceptors (Lipinski definition) is 5. The van der Waals surface area contributed by atoms with Crippen LogP contribution in [0.5, 0.6) is 5.75 Å². The normalized spacial score (nSPS) is 16.3. The van der Waals surface area contributed by atoms with Crippen LogP contribution >= 0.6 is 23.8 Å². The van der Waals surface area contributed by atoms with Crippen LogP contribution in [0.4, 0.5) is 11.4 Å². The van der Waals surface area contributed by atoms with Crippen molar-refractivity contribution < 1.29 is 9.53 Å². The van der Waals surface area contributed by atoms with E-state index in [4.69, 9.17) is 28.6 Å². The number of para-hydroxylation sites is 1. The van der Waals surface area contributed by atoms with Gasteiger partial charge in [0.25, 0.3) is 5.91 Å². The van der Waals surface area contributed by atoms with Crippen molar-refractivity contribution in [3.05, 3.63) is 132 Å². The third-order valence-corrected chi connectivity index (χ3v) is 7.22. The number of benzene rings is 2. The van der Waals surface area contributed by atoms with E-state index < -0.39 is 0 Å². The first-order valence-electron chi connectivity index (χ1n) is 12.9. The van der Waals surface area contributed by atoms with E-state index in [-0.39, 0.29) is 24.6 Å². The molecule has 0 aliphatic carbocycles. The maximum atomic E-state index is 12.5. The second kappa shape index (κ2) is 11.8. The number of nitrogens with zero attached hydrogens (tertiary/aromatic N) is 4. The van der Waals surface area contributed by atoms with E-state index in [2.05, 4.69) is 31.6 Å². The van der Waals surface area contributed by atoms with Crippen molar-refractivity contribution in [3.63, 3.8) is 0 Å². The molecule has 10 heteroatoms. The zero-order valence-corrected chi connectivity index (χ0v) is 23.3. The fourth-order valence-corrected chi connectivity index (χ4v) is 5.31. The van der Waals surface area contributed by atoms with Gasteiger partial charge in [-0.25, -0.2) is 4.98 Å². The maximum absolute atomic E-state index is 12.5. The predicted octanol–water partition coefficient (Wildman–Crippen LogP) is 6.12. The summed E-state index contributed by atoms with van der Waals surface area (Å²) in [6, 6.07) is 29.9. The molecule has 2 atom stereocenters. The highest BCUT2D eigenvalue weighted by Crippen LogP contribution is 2.42. The van der Waals surface area contributed by atoms with E-state index in [1.54, 1.807) is 12.4 Å². The molecule has 1 aliphatic rings. The molecule has 6 rings (SSSR count). The largest absolute Gasteiger partial charge is 0.484 e. The molecule has 5 aromatic rings. The molecule has 1 fully saturated rings. The first-order chi connectivity index (χ1) is 20.1. The average molecular weight is 581 g/mol. The summed E-state index contributed by atoms with van der Waals surface area (Å²) in [5.41, 5.74) is 3.35. The van der Waals surface area contributed by atoms with Crippen LogP contribution in [0.25, 0.3) is 5.82 Å². The predicted molar refractivity (Wildman–Crippen MR) is 164 cm³/mol. The summed E-state index contributed by atoms with van der Waals surface area (Å²) in [6.45, 7) is -0.0878. The Labute approximate surface area is 247 Å². The van der Waals surface area contributed by atoms with Gasteiger partial charge >= 0.3 is 0 Å². The Morgan fingerprint density at radius 3 is 2.49 bits per heavy atom. The van der Waals surface area contributed by atoms with Crippen LogP contribution in [0, 0.1) is 0 Å². The molecule has 2 aromatic carbocycles. The fourth-order valence-electron chi connectivity index (χ4n) is 4.86. The number of thiocarbonyl (C=S) groups is 1. The summed E-state index contributed by atoms with van der Waals surface area (Å²) < 4.78 is 7.58. The number of anilines is 2. The first-order valence-corrected chi connectivity index (χ1v) is 13.7. The van der Waals surface area contributed by atoms with Gasteiger partial charge in [-0.3, -0.25) is 9.78 Å². The quantitative estimate of drug-likeness (QED) is 0.214. The molecule has 3 aromatic heterocycles. The zero-order chi connectivity index (χ0) is 28.2. The molecule has 8 nitrogen and oxygen atoms in total. The molecule has 0 bridgehead atoms. The van der Waals surface area contributed by atoms with E-state index >= 15 is 0 Å². The van der Waals surface area contributed by atoms with Crippen molar-refractivity contribution in [1.29, 1.82) is 0 Å². The highest BCUT2D eigenvalue weighted by atomic mass is 35.5. The molecule has 41 heavy (non-hydrogen) atoms. The summed E-state index contributed by atoms with van der Waals surface area (Å²) in [6.07, 6.45) is 5.37. The minimum Gasteiger partial charge on any atom is -0.484 e. The second-order valence-corrected chi connectivity index (χ2v) is 10.2. The third kappa shape index (κ3) is 5.77. The minimum absolute atomic E-state index is 0.0878. The van der Waals surface area contributed by atoms with Crippen molar-refractivity contribution in [2.75, 3.05) is 16.8 Å². The van der Waals surface area contributed by atoms with Crippen molar-refractivity contribution >= 4 is 46.2 Å². The molecule has 1 aliphatic heterocycles. The topological polar surface area (TPSA) is 84.3 Å². The van der Waals surface area contributed by atoms with Crippen LogP contribution in [0.2, 0.25) is 5.02 Å². The lowest BCUT2D eigenvalue weighted by atomic mass is 10.0. The summed E-state index contributed by atoms with van der Waals surface area (Å²) in [4.78, 5) is 23.7. The Bertz CT molecular complexity index is 1650. The second-order valence-electron chi connectivity index (χ2n) is 9.33. The lowest BCUT2D eigenvalue weighted by Gasteiger charge is -2.29. The Morgan fingerprint density at radius 1 is 0.951 bits per heavy atom. The van der Waals surface area contributed by atoms with Crippen molar-refractivity contribution in [1.82, 2.24) is 19.9 Å². The standard InChI is InChI=1S/C31H25ClN6O2S/c32-21-11-16-27(34-19-21)37-18-6-10-26(37)30-29(25-9-4-5-17-33-25)36-31(41)38(30)23-14-12-22(13-15-23)35-28(39)20-40-24-7-2-1-3-8-24/h1-19,29-30H,20H2,(H,35,39)(H,36,41)/t29-,30-/m0/s1. The number of carbonyl (C=O) groups excluding carboxylic acids is 1. The van der Waals surface area contributed by atoms with E-state index in [1.165, 1.54) is 0 Å². The van der Waals surface area contributed by atoms with Gasteiger partial charge in [0, 0.05) is 35.7 Å². The van der Waals surface area contributed by atoms with Crippen LogP contribution in [-0.4, -0.2) is 32.2 Å². The van der Waals surface area contributed by atoms with Crippen molar-refractivity contribution in [2.45, 2.75) is 12.1 Å². The summed E-state index contributed by atoms with van der Waals surface area (Å²) in [7, 11) is 0. The van der Waals surface area contributed by atoms with Gasteiger partial charge in [0.2, 0.25) is 0 Å². The van der Waals surface area contributed by atoms with E-state index in [0.29, 0.717) is 21.6 Å². The Hall–Kier alpha value is -4.73. The van der Waals surface area contributed by atoms with Gasteiger partial charge < -0.3 is 24.8 Å². The smallest absolute Gasteiger partial charge is 0.262 e. The van der Waals surface area contributed by atoms with Crippen LogP contribution in [0.1, 0.15) is 23.5 Å². The van der Waals surface area contributed by atoms with Crippen LogP contribution in [0.15, 0.2) is 116 Å². The summed E-state index contributed by atoms with van der Waals surface area (Å²) >= 11 is 12.0. The highest BCUT2D eigenvalue weighted by Gasteiger charge is 2.42. The number of carbonyl (C=O) groups is 1. The van der Waals surface area contributed by atoms with Crippen molar-refractivity contribution in [2.24, 2.45) is 0 Å². The molecule has 1 saturated heterocycles. The molecular weight excluding hydrogens is 556 g/mol. The number of nitrogens with one attached hydrogen (secondary N) is 2. The molecule has 0 saturated carbocycles. The van der Waals surface area contributed by atoms with Crippen molar-refractivity contribution in [3.8, 4) is 11.6 Å². The zero-order valence-electron chi connectivity index (χ0n) is 21.7. The number of amides is 1. The van der Waals surface area contributed by atoms with Crippen LogP contribution in [0.3, 0.4) is 0 Å². The molecule has 204 valence electrons.